The molecule has 3 N–H and O–H groups in total. The Labute approximate surface area is 217 Å². The largest absolute Gasteiger partial charge is 0.478 e. The molecule has 0 fully saturated rings. The summed E-state index contributed by atoms with van der Waals surface area (Å²) in [7, 11) is 0. The van der Waals surface area contributed by atoms with Gasteiger partial charge in [0.15, 0.2) is 22.5 Å². The molecule has 3 aromatic rings. The van der Waals surface area contributed by atoms with Crippen LogP contribution in [0.4, 0.5) is 5.69 Å². The highest BCUT2D eigenvalue weighted by Crippen LogP contribution is 2.33. The topological polar surface area (TPSA) is 145 Å². The van der Waals surface area contributed by atoms with Crippen LogP contribution >= 0.6 is 11.8 Å². The summed E-state index contributed by atoms with van der Waals surface area (Å²) < 4.78 is 12.6. The number of anilines is 1. The van der Waals surface area contributed by atoms with Crippen LogP contribution in [0.1, 0.15) is 53.4 Å². The van der Waals surface area contributed by atoms with E-state index in [-0.39, 0.29) is 35.8 Å². The number of hydrogen-bond donors (Lipinski definition) is 3. The van der Waals surface area contributed by atoms with Gasteiger partial charge in [0.1, 0.15) is 0 Å². The molecule has 2 heterocycles. The minimum atomic E-state index is -1.07. The molecule has 12 heteroatoms. The summed E-state index contributed by atoms with van der Waals surface area (Å²) in [5.74, 6) is 0.111. The van der Waals surface area contributed by atoms with Gasteiger partial charge < -0.3 is 29.8 Å². The average Bonchev–Trinajstić information content (AvgIpc) is 3.51. The molecule has 1 atom stereocenters. The van der Waals surface area contributed by atoms with Crippen LogP contribution in [0, 0.1) is 5.92 Å². The van der Waals surface area contributed by atoms with Gasteiger partial charge in [-0.25, -0.2) is 4.79 Å². The highest BCUT2D eigenvalue weighted by atomic mass is 32.2. The standard InChI is InChI=1S/C25H27N5O6S/c1-4-30-22(21(14(2)3)27-23(32)15-8-9-18-19(11-15)36-13-35-18)28-29-25(30)37-12-20(31)26-17-7-5-6-16(10-17)24(33)34/h5-11,14,21H,4,12-13H2,1-3H3,(H,26,31)(H,27,32)(H,33,34). The number of amides is 2. The monoisotopic (exact) mass is 525 g/mol. The zero-order valence-corrected chi connectivity index (χ0v) is 21.4. The second-order valence-corrected chi connectivity index (χ2v) is 9.51. The number of fused-ring (bicyclic) bond motifs is 1. The number of rotatable bonds is 10. The van der Waals surface area contributed by atoms with Crippen LogP contribution in [0.5, 0.6) is 11.5 Å². The minimum Gasteiger partial charge on any atom is -0.478 e. The first-order valence-electron chi connectivity index (χ1n) is 11.7. The number of carboxylic acids is 1. The third kappa shape index (κ3) is 6.02. The summed E-state index contributed by atoms with van der Waals surface area (Å²) in [6, 6.07) is 10.6. The minimum absolute atomic E-state index is 0.00937. The predicted octanol–water partition coefficient (Wildman–Crippen LogP) is 3.58. The highest BCUT2D eigenvalue weighted by molar-refractivity contribution is 7.99. The molecule has 4 rings (SSSR count). The van der Waals surface area contributed by atoms with Crippen molar-refractivity contribution in [2.45, 2.75) is 38.5 Å². The molecule has 0 bridgehead atoms. The van der Waals surface area contributed by atoms with Gasteiger partial charge in [0, 0.05) is 17.8 Å². The number of nitrogens with zero attached hydrogens (tertiary/aromatic N) is 3. The summed E-state index contributed by atoms with van der Waals surface area (Å²) in [4.78, 5) is 36.7. The van der Waals surface area contributed by atoms with Crippen molar-refractivity contribution in [3.8, 4) is 11.5 Å². The summed E-state index contributed by atoms with van der Waals surface area (Å²) >= 11 is 1.21. The number of carbonyl (C=O) groups is 3. The fourth-order valence-corrected chi connectivity index (χ4v) is 4.59. The van der Waals surface area contributed by atoms with Gasteiger partial charge in [0.25, 0.3) is 5.91 Å². The van der Waals surface area contributed by atoms with E-state index in [9.17, 15) is 14.4 Å². The Hall–Kier alpha value is -4.06. The molecule has 37 heavy (non-hydrogen) atoms. The maximum atomic E-state index is 13.0. The molecule has 0 spiro atoms. The summed E-state index contributed by atoms with van der Waals surface area (Å²) in [5, 5.41) is 24.0. The van der Waals surface area contributed by atoms with Gasteiger partial charge in [-0.05, 0) is 49.2 Å². The van der Waals surface area contributed by atoms with E-state index >= 15 is 0 Å². The zero-order chi connectivity index (χ0) is 26.5. The van der Waals surface area contributed by atoms with Crippen LogP contribution in [0.25, 0.3) is 0 Å². The Morgan fingerprint density at radius 1 is 1.08 bits per heavy atom. The number of nitrogens with one attached hydrogen (secondary N) is 2. The number of ether oxygens (including phenoxy) is 2. The maximum Gasteiger partial charge on any atom is 0.335 e. The Morgan fingerprint density at radius 2 is 1.86 bits per heavy atom. The first kappa shape index (κ1) is 26.0. The molecular formula is C25H27N5O6S. The normalized spacial score (nSPS) is 12.9. The van der Waals surface area contributed by atoms with Crippen molar-refractivity contribution in [2.24, 2.45) is 5.92 Å². The number of hydrogen-bond acceptors (Lipinski definition) is 8. The van der Waals surface area contributed by atoms with Gasteiger partial charge in [-0.1, -0.05) is 31.7 Å². The van der Waals surface area contributed by atoms with Crippen molar-refractivity contribution in [3.63, 3.8) is 0 Å². The van der Waals surface area contributed by atoms with Crippen molar-refractivity contribution >= 4 is 35.2 Å². The zero-order valence-electron chi connectivity index (χ0n) is 20.6. The molecule has 0 radical (unpaired) electrons. The third-order valence-corrected chi connectivity index (χ3v) is 6.62. The van der Waals surface area contributed by atoms with Crippen molar-refractivity contribution < 1.29 is 29.0 Å². The van der Waals surface area contributed by atoms with Gasteiger partial charge >= 0.3 is 5.97 Å². The van der Waals surface area contributed by atoms with E-state index in [1.807, 2.05) is 25.3 Å². The van der Waals surface area contributed by atoms with Crippen molar-refractivity contribution in [1.29, 1.82) is 0 Å². The van der Waals surface area contributed by atoms with Gasteiger partial charge in [-0.3, -0.25) is 9.59 Å². The van der Waals surface area contributed by atoms with E-state index < -0.39 is 12.0 Å². The van der Waals surface area contributed by atoms with Crippen LogP contribution in [0.15, 0.2) is 47.6 Å². The van der Waals surface area contributed by atoms with Crippen molar-refractivity contribution in [1.82, 2.24) is 20.1 Å². The lowest BCUT2D eigenvalue weighted by Crippen LogP contribution is -2.33. The Balaban J connectivity index is 1.44. The second-order valence-electron chi connectivity index (χ2n) is 8.57. The van der Waals surface area contributed by atoms with Gasteiger partial charge in [0.2, 0.25) is 12.7 Å². The summed E-state index contributed by atoms with van der Waals surface area (Å²) in [5.41, 5.74) is 0.924. The Kier molecular flexibility index (Phi) is 7.97. The SMILES string of the molecule is CCn1c(SCC(=O)Nc2cccc(C(=O)O)c2)nnc1C(NC(=O)c1ccc2c(c1)OCO2)C(C)C. The van der Waals surface area contributed by atoms with Gasteiger partial charge in [-0.2, -0.15) is 0 Å². The van der Waals surface area contributed by atoms with E-state index in [1.165, 1.54) is 23.9 Å². The number of benzene rings is 2. The van der Waals surface area contributed by atoms with Crippen LogP contribution < -0.4 is 20.1 Å². The van der Waals surface area contributed by atoms with E-state index in [0.717, 1.165) is 0 Å². The Morgan fingerprint density at radius 3 is 2.59 bits per heavy atom. The molecule has 2 amide bonds. The lowest BCUT2D eigenvalue weighted by Gasteiger charge is -2.22. The van der Waals surface area contributed by atoms with E-state index in [2.05, 4.69) is 20.8 Å². The lowest BCUT2D eigenvalue weighted by molar-refractivity contribution is -0.113. The fourth-order valence-electron chi connectivity index (χ4n) is 3.78. The van der Waals surface area contributed by atoms with E-state index in [1.54, 1.807) is 30.3 Å². The molecule has 0 saturated heterocycles. The third-order valence-electron chi connectivity index (χ3n) is 5.65. The first-order valence-corrected chi connectivity index (χ1v) is 12.6. The van der Waals surface area contributed by atoms with Crippen molar-refractivity contribution in [3.05, 3.63) is 59.4 Å². The second kappa shape index (κ2) is 11.3. The number of thioether (sulfide) groups is 1. The lowest BCUT2D eigenvalue weighted by atomic mass is 10.0. The molecule has 194 valence electrons. The molecular weight excluding hydrogens is 498 g/mol. The molecule has 1 aliphatic heterocycles. The molecule has 2 aromatic carbocycles. The molecule has 1 unspecified atom stereocenters. The van der Waals surface area contributed by atoms with Crippen LogP contribution in [-0.4, -0.2) is 50.2 Å². The molecule has 1 aliphatic rings. The van der Waals surface area contributed by atoms with Gasteiger partial charge in [-0.15, -0.1) is 10.2 Å². The number of carboxylic acid groups (broad SMARTS) is 1. The van der Waals surface area contributed by atoms with Crippen LogP contribution in [0.2, 0.25) is 0 Å². The van der Waals surface area contributed by atoms with Crippen molar-refractivity contribution in [2.75, 3.05) is 17.9 Å². The average molecular weight is 526 g/mol. The van der Waals surface area contributed by atoms with Crippen LogP contribution in [-0.2, 0) is 11.3 Å². The highest BCUT2D eigenvalue weighted by Gasteiger charge is 2.27. The molecule has 11 nitrogen and oxygen atoms in total. The summed E-state index contributed by atoms with van der Waals surface area (Å²) in [6.07, 6.45) is 0. The number of carbonyl (C=O) groups excluding carboxylic acids is 2. The van der Waals surface area contributed by atoms with E-state index in [4.69, 9.17) is 14.6 Å². The van der Waals surface area contributed by atoms with Gasteiger partial charge in [0.05, 0.1) is 17.4 Å². The molecule has 0 saturated carbocycles. The Bertz CT molecular complexity index is 1320. The molecule has 1 aromatic heterocycles. The smallest absolute Gasteiger partial charge is 0.335 e. The molecule has 0 aliphatic carbocycles. The predicted molar refractivity (Wildman–Crippen MR) is 136 cm³/mol. The number of aromatic nitrogens is 3. The quantitative estimate of drug-likeness (QED) is 0.338. The number of aromatic carboxylic acids is 1. The van der Waals surface area contributed by atoms with E-state index in [0.29, 0.717) is 40.3 Å². The first-order chi connectivity index (χ1) is 17.8. The maximum absolute atomic E-state index is 13.0. The fraction of sp³-hybridized carbons (Fsp3) is 0.320. The van der Waals surface area contributed by atoms with Crippen LogP contribution in [0.3, 0.4) is 0 Å². The summed E-state index contributed by atoms with van der Waals surface area (Å²) in [6.45, 7) is 6.55.